The Labute approximate surface area is 93.4 Å². The van der Waals surface area contributed by atoms with E-state index in [1.165, 1.54) is 19.3 Å². The lowest BCUT2D eigenvalue weighted by molar-refractivity contribution is -0.142. The molecule has 15 heavy (non-hydrogen) atoms. The number of hydrogen-bond acceptors (Lipinski definition) is 1. The molecule has 0 saturated carbocycles. The number of carboxylic acids is 1. The van der Waals surface area contributed by atoms with Gasteiger partial charge in [-0.25, -0.2) is 0 Å². The minimum Gasteiger partial charge on any atom is -0.481 e. The van der Waals surface area contributed by atoms with Crippen molar-refractivity contribution in [1.29, 1.82) is 0 Å². The molecule has 0 heterocycles. The molecule has 0 spiro atoms. The second kappa shape index (κ2) is 9.75. The van der Waals surface area contributed by atoms with Gasteiger partial charge in [0.15, 0.2) is 0 Å². The first-order valence-electron chi connectivity index (χ1n) is 6.06. The summed E-state index contributed by atoms with van der Waals surface area (Å²) in [6.45, 7) is 5.81. The Morgan fingerprint density at radius 2 is 1.93 bits per heavy atom. The van der Waals surface area contributed by atoms with Crippen LogP contribution in [0, 0.1) is 5.92 Å². The first kappa shape index (κ1) is 14.2. The van der Waals surface area contributed by atoms with Crippen molar-refractivity contribution in [2.24, 2.45) is 5.92 Å². The fourth-order valence-corrected chi connectivity index (χ4v) is 1.72. The van der Waals surface area contributed by atoms with E-state index in [1.54, 1.807) is 0 Å². The number of carboxylic acid groups (broad SMARTS) is 1. The molecule has 0 fully saturated rings. The third-order valence-corrected chi connectivity index (χ3v) is 2.72. The number of carbonyl (C=O) groups is 1. The fraction of sp³-hybridized carbons (Fsp3) is 0.769. The number of allylic oxidation sites excluding steroid dienone is 1. The van der Waals surface area contributed by atoms with Gasteiger partial charge in [-0.1, -0.05) is 38.7 Å². The van der Waals surface area contributed by atoms with Crippen LogP contribution in [0.2, 0.25) is 0 Å². The molecule has 0 saturated heterocycles. The largest absolute Gasteiger partial charge is 0.481 e. The highest BCUT2D eigenvalue weighted by Crippen LogP contribution is 2.17. The molecule has 0 aliphatic carbocycles. The third kappa shape index (κ3) is 8.22. The van der Waals surface area contributed by atoms with Crippen molar-refractivity contribution in [1.82, 2.24) is 0 Å². The minimum atomic E-state index is -0.629. The Morgan fingerprint density at radius 1 is 1.27 bits per heavy atom. The fourth-order valence-electron chi connectivity index (χ4n) is 1.72. The zero-order valence-corrected chi connectivity index (χ0v) is 9.87. The van der Waals surface area contributed by atoms with Gasteiger partial charge in [-0.3, -0.25) is 4.79 Å². The van der Waals surface area contributed by atoms with Crippen LogP contribution >= 0.6 is 0 Å². The van der Waals surface area contributed by atoms with Gasteiger partial charge in [-0.05, 0) is 25.7 Å². The first-order valence-corrected chi connectivity index (χ1v) is 6.06. The van der Waals surface area contributed by atoms with Gasteiger partial charge < -0.3 is 5.11 Å². The van der Waals surface area contributed by atoms with Crippen molar-refractivity contribution >= 4 is 5.97 Å². The van der Waals surface area contributed by atoms with Crippen molar-refractivity contribution in [3.63, 3.8) is 0 Å². The molecular formula is C13H24O2. The van der Waals surface area contributed by atoms with Gasteiger partial charge in [0, 0.05) is 0 Å². The van der Waals surface area contributed by atoms with Crippen LogP contribution in [0.3, 0.4) is 0 Å². The van der Waals surface area contributed by atoms with E-state index in [0.29, 0.717) is 0 Å². The first-order chi connectivity index (χ1) is 7.22. The average molecular weight is 212 g/mol. The maximum absolute atomic E-state index is 10.9. The van der Waals surface area contributed by atoms with Gasteiger partial charge in [0.05, 0.1) is 5.92 Å². The summed E-state index contributed by atoms with van der Waals surface area (Å²) in [4.78, 5) is 10.9. The predicted molar refractivity (Wildman–Crippen MR) is 63.9 cm³/mol. The van der Waals surface area contributed by atoms with Crippen molar-refractivity contribution in [2.75, 3.05) is 0 Å². The zero-order valence-electron chi connectivity index (χ0n) is 9.87. The number of unbranched alkanes of at least 4 members (excludes halogenated alkanes) is 4. The van der Waals surface area contributed by atoms with Crippen LogP contribution in [-0.4, -0.2) is 11.1 Å². The maximum Gasteiger partial charge on any atom is 0.306 e. The zero-order chi connectivity index (χ0) is 11.5. The minimum absolute atomic E-state index is 0.137. The lowest BCUT2D eigenvalue weighted by Crippen LogP contribution is -2.13. The highest BCUT2D eigenvalue weighted by Gasteiger charge is 2.15. The molecule has 2 nitrogen and oxygen atoms in total. The second-order valence-corrected chi connectivity index (χ2v) is 4.10. The van der Waals surface area contributed by atoms with Gasteiger partial charge in [-0.2, -0.15) is 0 Å². The molecule has 1 atom stereocenters. The summed E-state index contributed by atoms with van der Waals surface area (Å²) >= 11 is 0. The maximum atomic E-state index is 10.9. The Morgan fingerprint density at radius 3 is 2.47 bits per heavy atom. The van der Waals surface area contributed by atoms with Crippen LogP contribution in [0.5, 0.6) is 0 Å². The number of rotatable bonds is 10. The Kier molecular flexibility index (Phi) is 9.24. The van der Waals surface area contributed by atoms with E-state index in [1.807, 2.05) is 6.08 Å². The molecule has 0 aliphatic heterocycles. The van der Waals surface area contributed by atoms with Crippen molar-refractivity contribution in [2.45, 2.75) is 58.3 Å². The molecule has 88 valence electrons. The van der Waals surface area contributed by atoms with Crippen molar-refractivity contribution in [3.05, 3.63) is 12.7 Å². The summed E-state index contributed by atoms with van der Waals surface area (Å²) in [6.07, 6.45) is 10.0. The molecule has 0 aliphatic rings. The molecule has 0 rings (SSSR count). The summed E-state index contributed by atoms with van der Waals surface area (Å²) in [5, 5.41) is 9.00. The van der Waals surface area contributed by atoms with E-state index in [-0.39, 0.29) is 5.92 Å². The van der Waals surface area contributed by atoms with E-state index in [9.17, 15) is 4.79 Å². The Bertz CT molecular complexity index is 175. The van der Waals surface area contributed by atoms with Gasteiger partial charge in [-0.15, -0.1) is 6.58 Å². The Hall–Kier alpha value is -0.790. The summed E-state index contributed by atoms with van der Waals surface area (Å²) < 4.78 is 0. The van der Waals surface area contributed by atoms with Crippen LogP contribution in [0.15, 0.2) is 12.7 Å². The van der Waals surface area contributed by atoms with Crippen molar-refractivity contribution in [3.8, 4) is 0 Å². The van der Waals surface area contributed by atoms with E-state index in [2.05, 4.69) is 13.5 Å². The highest BCUT2D eigenvalue weighted by molar-refractivity contribution is 5.69. The quantitative estimate of drug-likeness (QED) is 0.439. The number of aliphatic carboxylic acids is 1. The van der Waals surface area contributed by atoms with E-state index in [0.717, 1.165) is 32.1 Å². The van der Waals surface area contributed by atoms with Crippen LogP contribution in [0.4, 0.5) is 0 Å². The third-order valence-electron chi connectivity index (χ3n) is 2.72. The summed E-state index contributed by atoms with van der Waals surface area (Å²) in [7, 11) is 0. The molecule has 1 unspecified atom stereocenters. The van der Waals surface area contributed by atoms with E-state index in [4.69, 9.17) is 5.11 Å². The monoisotopic (exact) mass is 212 g/mol. The predicted octanol–water partition coefficient (Wildman–Crippen LogP) is 4.01. The SMILES string of the molecule is C=CCCCC(CCCCCC)C(=O)O. The molecule has 1 N–H and O–H groups in total. The van der Waals surface area contributed by atoms with Gasteiger partial charge in [0.25, 0.3) is 0 Å². The van der Waals surface area contributed by atoms with Gasteiger partial charge in [0.1, 0.15) is 0 Å². The molecule has 0 aromatic heterocycles. The van der Waals surface area contributed by atoms with Crippen LogP contribution in [0.25, 0.3) is 0 Å². The van der Waals surface area contributed by atoms with Gasteiger partial charge in [0.2, 0.25) is 0 Å². The van der Waals surface area contributed by atoms with Gasteiger partial charge >= 0.3 is 5.97 Å². The summed E-state index contributed by atoms with van der Waals surface area (Å²) in [6, 6.07) is 0. The smallest absolute Gasteiger partial charge is 0.306 e. The van der Waals surface area contributed by atoms with E-state index >= 15 is 0 Å². The number of hydrogen-bond donors (Lipinski definition) is 1. The summed E-state index contributed by atoms with van der Waals surface area (Å²) in [5.74, 6) is -0.766. The normalized spacial score (nSPS) is 12.3. The Balaban J connectivity index is 3.63. The average Bonchev–Trinajstić information content (AvgIpc) is 2.21. The topological polar surface area (TPSA) is 37.3 Å². The van der Waals surface area contributed by atoms with Crippen molar-refractivity contribution < 1.29 is 9.90 Å². The molecular weight excluding hydrogens is 188 g/mol. The molecule has 2 heteroatoms. The lowest BCUT2D eigenvalue weighted by Gasteiger charge is -2.11. The standard InChI is InChI=1S/C13H24O2/c1-3-5-7-9-11-12(13(14)15)10-8-6-4-2/h4,12H,2-3,5-11H2,1H3,(H,14,15). The van der Waals surface area contributed by atoms with Crippen LogP contribution in [-0.2, 0) is 4.79 Å². The van der Waals surface area contributed by atoms with Crippen LogP contribution < -0.4 is 0 Å². The molecule has 0 amide bonds. The molecule has 0 aromatic rings. The summed E-state index contributed by atoms with van der Waals surface area (Å²) in [5.41, 5.74) is 0. The molecule has 0 bridgehead atoms. The lowest BCUT2D eigenvalue weighted by atomic mass is 9.95. The molecule has 0 radical (unpaired) electrons. The molecule has 0 aromatic carbocycles. The second-order valence-electron chi connectivity index (χ2n) is 4.10. The highest BCUT2D eigenvalue weighted by atomic mass is 16.4. The van der Waals surface area contributed by atoms with Crippen LogP contribution in [0.1, 0.15) is 58.3 Å². The van der Waals surface area contributed by atoms with E-state index < -0.39 is 5.97 Å².